The molecule has 7 nitrogen and oxygen atoms in total. The van der Waals surface area contributed by atoms with E-state index in [2.05, 4.69) is 11.0 Å². The van der Waals surface area contributed by atoms with Gasteiger partial charge in [-0.25, -0.2) is 6.57 Å². The molecule has 0 atom stereocenters. The molecule has 8 heteroatoms. The van der Waals surface area contributed by atoms with Crippen molar-refractivity contribution in [1.82, 2.24) is 0 Å². The normalized spacial score (nSPS) is 16.2. The van der Waals surface area contributed by atoms with Gasteiger partial charge in [0.1, 0.15) is 11.7 Å². The van der Waals surface area contributed by atoms with Gasteiger partial charge in [-0.1, -0.05) is 12.5 Å². The number of phenolic OH excluding ortho intramolecular Hbond substituents is 4. The molecule has 29 heavy (non-hydrogen) atoms. The van der Waals surface area contributed by atoms with Gasteiger partial charge in [0.15, 0.2) is 23.0 Å². The van der Waals surface area contributed by atoms with Gasteiger partial charge in [-0.2, -0.15) is 0 Å². The van der Waals surface area contributed by atoms with Crippen LogP contribution in [0, 0.1) is 19.1 Å². The van der Waals surface area contributed by atoms with Crippen LogP contribution in [0.15, 0.2) is 36.4 Å². The van der Waals surface area contributed by atoms with Crippen LogP contribution in [0.3, 0.4) is 0 Å². The Morgan fingerprint density at radius 2 is 1.34 bits per heavy atom. The minimum atomic E-state index is -0.431. The quantitative estimate of drug-likeness (QED) is 0.256. The summed E-state index contributed by atoms with van der Waals surface area (Å²) in [6, 6.07) is 9.22. The topological polar surface area (TPSA) is 125 Å². The zero-order valence-corrected chi connectivity index (χ0v) is 18.0. The van der Waals surface area contributed by atoms with Gasteiger partial charge in [-0.15, -0.1) is 0 Å². The minimum Gasteiger partial charge on any atom is -0.870 e. The molecule has 0 radical (unpaired) electrons. The van der Waals surface area contributed by atoms with E-state index in [9.17, 15) is 10.2 Å². The fraction of sp³-hybridized carbons (Fsp3) is 0.286. The van der Waals surface area contributed by atoms with Crippen molar-refractivity contribution in [3.8, 4) is 35.5 Å². The van der Waals surface area contributed by atoms with Gasteiger partial charge >= 0.3 is 29.6 Å². The third kappa shape index (κ3) is 5.09. The van der Waals surface area contributed by atoms with Gasteiger partial charge < -0.3 is 35.5 Å². The first kappa shape index (κ1) is 24.5. The molecule has 0 aliphatic heterocycles. The Balaban J connectivity index is 0.000000272. The van der Waals surface area contributed by atoms with Crippen LogP contribution < -0.4 is 29.6 Å². The van der Waals surface area contributed by atoms with Crippen molar-refractivity contribution >= 4 is 0 Å². The molecule has 146 valence electrons. The molecule has 2 fully saturated rings. The summed E-state index contributed by atoms with van der Waals surface area (Å²) in [7, 11) is 0. The van der Waals surface area contributed by atoms with Crippen LogP contribution in [0.4, 0.5) is 0 Å². The Morgan fingerprint density at radius 3 is 1.72 bits per heavy atom. The second-order valence-electron chi connectivity index (χ2n) is 6.76. The monoisotopic (exact) mass is 405 g/mol. The van der Waals surface area contributed by atoms with Crippen molar-refractivity contribution in [2.24, 2.45) is 0 Å². The summed E-state index contributed by atoms with van der Waals surface area (Å²) in [4.78, 5) is 3.53. The van der Waals surface area contributed by atoms with Crippen LogP contribution in [0.1, 0.15) is 36.8 Å². The molecule has 5 N–H and O–H groups in total. The summed E-state index contributed by atoms with van der Waals surface area (Å²) in [5, 5.41) is 36.7. The molecule has 4 rings (SSSR count). The van der Waals surface area contributed by atoms with Gasteiger partial charge in [0.05, 0.1) is 0 Å². The molecule has 0 unspecified atom stereocenters. The van der Waals surface area contributed by atoms with Crippen LogP contribution in [0.2, 0.25) is 0 Å². The molecule has 0 amide bonds. The molecule has 0 spiro atoms. The van der Waals surface area contributed by atoms with Crippen molar-refractivity contribution in [2.75, 3.05) is 0 Å². The summed E-state index contributed by atoms with van der Waals surface area (Å²) < 4.78 is 5.16. The zero-order chi connectivity index (χ0) is 19.7. The van der Waals surface area contributed by atoms with Crippen LogP contribution >= 0.6 is 0 Å². The van der Waals surface area contributed by atoms with Gasteiger partial charge in [0.2, 0.25) is 0 Å². The van der Waals surface area contributed by atoms with Crippen molar-refractivity contribution < 1.29 is 60.2 Å². The average Bonchev–Trinajstić information content (AvgIpc) is 3.56. The second-order valence-corrected chi connectivity index (χ2v) is 6.76. The predicted octanol–water partition coefficient (Wildman–Crippen LogP) is 0.528. The summed E-state index contributed by atoms with van der Waals surface area (Å²) in [6.07, 6.45) is 10.6. The predicted molar refractivity (Wildman–Crippen MR) is 99.8 cm³/mol. The summed E-state index contributed by atoms with van der Waals surface area (Å²) in [6.45, 7) is 7.01. The number of aromatic hydroxyl groups is 4. The van der Waals surface area contributed by atoms with Gasteiger partial charge in [0.25, 0.3) is 5.54 Å². The molecule has 2 aliphatic carbocycles. The molecule has 0 heterocycles. The fourth-order valence-corrected chi connectivity index (χ4v) is 2.88. The number of ether oxygens (including phenoxy) is 1. The minimum absolute atomic E-state index is 0. The molecule has 2 aliphatic rings. The van der Waals surface area contributed by atoms with Crippen LogP contribution in [-0.4, -0.2) is 25.9 Å². The first-order valence-electron chi connectivity index (χ1n) is 8.43. The van der Waals surface area contributed by atoms with E-state index < -0.39 is 11.1 Å². The Labute approximate surface area is 191 Å². The number of benzene rings is 2. The van der Waals surface area contributed by atoms with E-state index in [0.717, 1.165) is 36.8 Å². The Bertz CT molecular complexity index is 955. The van der Waals surface area contributed by atoms with Crippen molar-refractivity contribution in [3.63, 3.8) is 0 Å². The van der Waals surface area contributed by atoms with E-state index >= 15 is 0 Å². The molecule has 0 aromatic heterocycles. The second kappa shape index (κ2) is 9.30. The largest absolute Gasteiger partial charge is 1.00 e. The third-order valence-corrected chi connectivity index (χ3v) is 4.91. The van der Waals surface area contributed by atoms with E-state index in [4.69, 9.17) is 27.9 Å². The number of rotatable bonds is 3. The zero-order valence-electron chi connectivity index (χ0n) is 16.0. The molecular formula is C21H20NNaO6. The Kier molecular flexibility index (Phi) is 7.85. The number of hydrogen-bond donors (Lipinski definition) is 4. The van der Waals surface area contributed by atoms with E-state index in [-0.39, 0.29) is 58.0 Å². The molecule has 0 saturated heterocycles. The van der Waals surface area contributed by atoms with Crippen molar-refractivity contribution in [1.29, 1.82) is 0 Å². The number of nitrogens with zero attached hydrogens (tertiary/aromatic N) is 1. The molecule has 2 saturated carbocycles. The number of terminal acetylenes is 1. The number of hydrogen-bond acceptors (Lipinski definition) is 6. The van der Waals surface area contributed by atoms with Crippen LogP contribution in [0.5, 0.6) is 23.0 Å². The summed E-state index contributed by atoms with van der Waals surface area (Å²) in [5.74, 6) is -0.559. The molecule has 0 bridgehead atoms. The fourth-order valence-electron chi connectivity index (χ4n) is 2.88. The maximum absolute atomic E-state index is 9.30. The number of phenols is 4. The van der Waals surface area contributed by atoms with Crippen molar-refractivity contribution in [2.45, 2.75) is 36.8 Å². The summed E-state index contributed by atoms with van der Waals surface area (Å²) >= 11 is 0. The SMILES string of the molecule is C#COC1(c2ccc(O)c(O)c2)CC1.[C-]#[N+]C1(c2ccc(O)c(O)c2)CC1.[Na+].[OH-]. The van der Waals surface area contributed by atoms with Gasteiger partial charge in [-0.3, -0.25) is 0 Å². The Hall–Kier alpha value is -2.55. The Morgan fingerprint density at radius 1 is 0.862 bits per heavy atom. The molecule has 2 aromatic carbocycles. The van der Waals surface area contributed by atoms with Crippen molar-refractivity contribution in [3.05, 3.63) is 58.9 Å². The van der Waals surface area contributed by atoms with Crippen LogP contribution in [-0.2, 0) is 15.9 Å². The smallest absolute Gasteiger partial charge is 0.870 e. The standard InChI is InChI=1S/C11H10O3.C10H9NO2.Na.H2O/c1-2-14-11(5-6-11)8-3-4-9(12)10(13)7-8;1-11-10(4-5-10)7-2-3-8(12)9(13)6-7;;/h1,3-4,7,12-13H,5-6H2;2-3,6,12-13H,4-5H2;;1H2/q;;+1;/p-1. The van der Waals surface area contributed by atoms with E-state index in [1.165, 1.54) is 24.3 Å². The summed E-state index contributed by atoms with van der Waals surface area (Å²) in [5.41, 5.74) is 0.772. The average molecular weight is 405 g/mol. The molecular weight excluding hydrogens is 385 g/mol. The van der Waals surface area contributed by atoms with E-state index in [0.29, 0.717) is 0 Å². The van der Waals surface area contributed by atoms with E-state index in [1.54, 1.807) is 12.1 Å². The molecule has 2 aromatic rings. The van der Waals surface area contributed by atoms with Gasteiger partial charge in [-0.05, 0) is 43.2 Å². The van der Waals surface area contributed by atoms with E-state index in [1.807, 2.05) is 0 Å². The maximum Gasteiger partial charge on any atom is 1.00 e. The first-order chi connectivity index (χ1) is 12.9. The van der Waals surface area contributed by atoms with Crippen LogP contribution in [0.25, 0.3) is 4.85 Å². The maximum atomic E-state index is 9.30. The third-order valence-electron chi connectivity index (χ3n) is 4.91. The first-order valence-corrected chi connectivity index (χ1v) is 8.43. The van der Waals surface area contributed by atoms with Gasteiger partial charge in [0, 0.05) is 24.0 Å².